The third-order valence-electron chi connectivity index (χ3n) is 6.60. The number of hydrogen-bond donors (Lipinski definition) is 5. The van der Waals surface area contributed by atoms with Crippen molar-refractivity contribution >= 4 is 53.2 Å². The number of carbonyl (C=O) groups excluding carboxylic acids is 3. The summed E-state index contributed by atoms with van der Waals surface area (Å²) < 4.78 is 47.5. The van der Waals surface area contributed by atoms with Crippen molar-refractivity contribution in [3.63, 3.8) is 0 Å². The number of nitrogens with zero attached hydrogens (tertiary/aromatic N) is 4. The zero-order valence-corrected chi connectivity index (χ0v) is 28.9. The summed E-state index contributed by atoms with van der Waals surface area (Å²) in [6.07, 6.45) is -4.80. The zero-order valence-electron chi connectivity index (χ0n) is 27.2. The van der Waals surface area contributed by atoms with Gasteiger partial charge in [0.15, 0.2) is 17.4 Å². The number of methoxy groups -OCH3 is 2. The van der Waals surface area contributed by atoms with Crippen LogP contribution < -0.4 is 20.9 Å². The second-order valence-corrected chi connectivity index (χ2v) is 15.5. The molecule has 0 aliphatic carbocycles. The van der Waals surface area contributed by atoms with Crippen molar-refractivity contribution in [3.8, 4) is 5.88 Å². The molecule has 0 bridgehead atoms. The van der Waals surface area contributed by atoms with E-state index in [9.17, 15) is 29.2 Å². The largest absolute Gasteiger partial charge is 0.479 e. The number of carbonyl (C=O) groups is 3. The van der Waals surface area contributed by atoms with E-state index in [-0.39, 0.29) is 28.7 Å². The van der Waals surface area contributed by atoms with Gasteiger partial charge in [-0.3, -0.25) is 13.9 Å². The first-order chi connectivity index (χ1) is 21.9. The fourth-order valence-corrected chi connectivity index (χ4v) is 8.21. The average Bonchev–Trinajstić information content (AvgIpc) is 3.49. The minimum absolute atomic E-state index is 0.0794. The molecule has 1 aliphatic heterocycles. The fourth-order valence-electron chi connectivity index (χ4n) is 4.36. The predicted molar refractivity (Wildman–Crippen MR) is 167 cm³/mol. The van der Waals surface area contributed by atoms with Crippen molar-refractivity contribution in [1.82, 2.24) is 29.9 Å². The van der Waals surface area contributed by atoms with Crippen LogP contribution in [0.3, 0.4) is 0 Å². The van der Waals surface area contributed by atoms with Gasteiger partial charge in [-0.25, -0.2) is 19.7 Å². The van der Waals surface area contributed by atoms with Crippen LogP contribution in [0.5, 0.6) is 5.88 Å². The van der Waals surface area contributed by atoms with Crippen molar-refractivity contribution in [2.24, 2.45) is 0 Å². The SMILES string of the molecule is COC(=O)NC(CS[P@](=O)(N[C@H](C)C(=O)OC(C)C)OC[C@H]1OC(n2cnc3c(OC)nc(N)nc32)[C@](C)(O)[C@@H]1O)C(=O)OC(C)C. The maximum absolute atomic E-state index is 14.2. The Labute approximate surface area is 274 Å². The first kappa shape index (κ1) is 38.2. The molecular formula is C26H42N7O12PS. The van der Waals surface area contributed by atoms with Crippen molar-refractivity contribution in [2.45, 2.75) is 89.9 Å². The number of anilines is 1. The summed E-state index contributed by atoms with van der Waals surface area (Å²) in [5.41, 5.74) is 4.22. The van der Waals surface area contributed by atoms with Crippen molar-refractivity contribution in [1.29, 1.82) is 0 Å². The van der Waals surface area contributed by atoms with E-state index in [4.69, 9.17) is 29.2 Å². The maximum Gasteiger partial charge on any atom is 0.407 e. The third kappa shape index (κ3) is 9.43. The molecule has 2 aromatic heterocycles. The molecule has 3 heterocycles. The van der Waals surface area contributed by atoms with Gasteiger partial charge in [0.25, 0.3) is 0 Å². The van der Waals surface area contributed by atoms with Crippen LogP contribution in [0.25, 0.3) is 11.2 Å². The van der Waals surface area contributed by atoms with Gasteiger partial charge in [0.05, 0.1) is 39.4 Å². The Balaban J connectivity index is 1.86. The summed E-state index contributed by atoms with van der Waals surface area (Å²) in [7, 11) is 2.47. The molecular weight excluding hydrogens is 665 g/mol. The van der Waals surface area contributed by atoms with Crippen LogP contribution in [0.2, 0.25) is 0 Å². The Morgan fingerprint density at radius 3 is 2.38 bits per heavy atom. The Morgan fingerprint density at radius 1 is 1.15 bits per heavy atom. The molecule has 6 N–H and O–H groups in total. The molecule has 264 valence electrons. The molecule has 1 aliphatic rings. The molecule has 2 aromatic rings. The lowest BCUT2D eigenvalue weighted by Gasteiger charge is -2.27. The first-order valence-electron chi connectivity index (χ1n) is 14.4. The summed E-state index contributed by atoms with van der Waals surface area (Å²) in [5, 5.41) is 27.4. The third-order valence-corrected chi connectivity index (χ3v) is 10.7. The summed E-state index contributed by atoms with van der Waals surface area (Å²) in [6.45, 7) is 4.44. The monoisotopic (exact) mass is 707 g/mol. The normalized spacial score (nSPS) is 23.7. The number of esters is 2. The highest BCUT2D eigenvalue weighted by molar-refractivity contribution is 8.56. The Morgan fingerprint density at radius 2 is 1.79 bits per heavy atom. The molecule has 0 radical (unpaired) electrons. The number of nitrogens with one attached hydrogen (secondary N) is 2. The van der Waals surface area contributed by atoms with E-state index in [2.05, 4.69) is 30.1 Å². The number of fused-ring (bicyclic) bond motifs is 1. The molecule has 21 heteroatoms. The second-order valence-electron chi connectivity index (χ2n) is 11.2. The highest BCUT2D eigenvalue weighted by atomic mass is 32.7. The smallest absolute Gasteiger partial charge is 0.407 e. The van der Waals surface area contributed by atoms with E-state index in [1.807, 2.05) is 0 Å². The Kier molecular flexibility index (Phi) is 12.8. The van der Waals surface area contributed by atoms with E-state index in [0.717, 1.165) is 7.11 Å². The molecule has 1 fully saturated rings. The lowest BCUT2D eigenvalue weighted by Crippen LogP contribution is -2.45. The molecule has 3 rings (SSSR count). The Bertz CT molecular complexity index is 1480. The van der Waals surface area contributed by atoms with E-state index >= 15 is 0 Å². The Hall–Kier alpha value is -3.26. The number of alkyl carbamates (subject to hydrolysis) is 1. The van der Waals surface area contributed by atoms with Crippen LogP contribution in [0.15, 0.2) is 6.33 Å². The molecule has 2 unspecified atom stereocenters. The molecule has 47 heavy (non-hydrogen) atoms. The van der Waals surface area contributed by atoms with Gasteiger partial charge in [-0.15, -0.1) is 0 Å². The number of amides is 1. The number of imidazole rings is 1. The van der Waals surface area contributed by atoms with Crippen LogP contribution in [0, 0.1) is 0 Å². The first-order valence-corrected chi connectivity index (χ1v) is 17.7. The number of aliphatic hydroxyl groups is 2. The number of hydrogen-bond acceptors (Lipinski definition) is 17. The van der Waals surface area contributed by atoms with Gasteiger partial charge >= 0.3 is 24.8 Å². The van der Waals surface area contributed by atoms with Gasteiger partial charge in [0.1, 0.15) is 29.9 Å². The summed E-state index contributed by atoms with van der Waals surface area (Å²) in [4.78, 5) is 49.6. The molecule has 0 saturated carbocycles. The van der Waals surface area contributed by atoms with Gasteiger partial charge in [-0.05, 0) is 41.5 Å². The summed E-state index contributed by atoms with van der Waals surface area (Å²) >= 11 is 0.579. The molecule has 0 aromatic carbocycles. The number of nitrogens with two attached hydrogens (primary N) is 1. The second kappa shape index (κ2) is 15.8. The van der Waals surface area contributed by atoms with Gasteiger partial charge in [0.2, 0.25) is 11.8 Å². The fraction of sp³-hybridized carbons (Fsp3) is 0.692. The van der Waals surface area contributed by atoms with Crippen molar-refractivity contribution in [2.75, 3.05) is 32.3 Å². The summed E-state index contributed by atoms with van der Waals surface area (Å²) in [6, 6.07) is -2.49. The minimum atomic E-state index is -4.19. The molecule has 1 amide bonds. The number of aliphatic hydroxyl groups excluding tert-OH is 1. The minimum Gasteiger partial charge on any atom is -0.479 e. The number of aromatic nitrogens is 4. The lowest BCUT2D eigenvalue weighted by molar-refractivity contribution is -0.150. The number of nitrogen functional groups attached to an aromatic ring is 1. The van der Waals surface area contributed by atoms with Gasteiger partial charge < -0.3 is 49.5 Å². The lowest BCUT2D eigenvalue weighted by atomic mass is 9.96. The zero-order chi connectivity index (χ0) is 35.3. The molecule has 0 spiro atoms. The van der Waals surface area contributed by atoms with E-state index in [1.165, 1.54) is 31.9 Å². The molecule has 7 atom stereocenters. The molecule has 1 saturated heterocycles. The van der Waals surface area contributed by atoms with Crippen LogP contribution in [0.1, 0.15) is 47.8 Å². The topological polar surface area (TPSA) is 258 Å². The van der Waals surface area contributed by atoms with Gasteiger partial charge in [-0.2, -0.15) is 9.97 Å². The van der Waals surface area contributed by atoms with E-state index in [0.29, 0.717) is 11.4 Å². The molecule has 19 nitrogen and oxygen atoms in total. The van der Waals surface area contributed by atoms with E-state index in [1.54, 1.807) is 27.7 Å². The van der Waals surface area contributed by atoms with Gasteiger partial charge in [0, 0.05) is 5.75 Å². The highest BCUT2D eigenvalue weighted by Gasteiger charge is 2.54. The van der Waals surface area contributed by atoms with E-state index < -0.39 is 79.7 Å². The van der Waals surface area contributed by atoms with Crippen LogP contribution in [-0.2, 0) is 37.6 Å². The average molecular weight is 708 g/mol. The van der Waals surface area contributed by atoms with Crippen LogP contribution >= 0.6 is 18.1 Å². The van der Waals surface area contributed by atoms with Crippen LogP contribution in [-0.4, -0.2) is 116 Å². The predicted octanol–water partition coefficient (Wildman–Crippen LogP) is 0.890. The standard InChI is InChI=1S/C26H42N7O12PS/c1-12(2)43-21(35)14(5)32-46(39,47-10-15(29-25(37)41-8)22(36)44-13(3)4)42-9-16-18(34)26(6,38)23(45-16)33-11-28-17-19(33)30-24(27)31-20(17)40-7/h11-16,18,23,34,38H,9-10H2,1-8H3,(H,29,37)(H,32,39)(H2,27,30,31)/t14-,15?,16-,18-,23?,26-,46+/m1/s1. The highest BCUT2D eigenvalue weighted by Crippen LogP contribution is 2.57. The number of rotatable bonds is 15. The van der Waals surface area contributed by atoms with Crippen molar-refractivity contribution < 1.29 is 57.4 Å². The van der Waals surface area contributed by atoms with Crippen molar-refractivity contribution in [3.05, 3.63) is 6.33 Å². The van der Waals surface area contributed by atoms with Gasteiger partial charge in [-0.1, -0.05) is 11.4 Å². The summed E-state index contributed by atoms with van der Waals surface area (Å²) in [5.74, 6) is -1.98. The number of ether oxygens (including phenoxy) is 5. The quantitative estimate of drug-likeness (QED) is 0.0978. The van der Waals surface area contributed by atoms with Crippen LogP contribution in [0.4, 0.5) is 10.7 Å². The maximum atomic E-state index is 14.2.